The van der Waals surface area contributed by atoms with Crippen molar-refractivity contribution in [1.29, 1.82) is 0 Å². The van der Waals surface area contributed by atoms with Gasteiger partial charge in [-0.1, -0.05) is 29.8 Å². The number of benzene rings is 1. The average molecular weight is 275 g/mol. The lowest BCUT2D eigenvalue weighted by Gasteiger charge is -2.29. The van der Waals surface area contributed by atoms with E-state index >= 15 is 0 Å². The Bertz CT molecular complexity index is 441. The number of Topliss-reactive ketones (excluding diaryl/α,β-unsaturated/α-hetero) is 1. The van der Waals surface area contributed by atoms with Gasteiger partial charge in [0.05, 0.1) is 6.04 Å². The molecule has 0 radical (unpaired) electrons. The zero-order chi connectivity index (χ0) is 14.5. The van der Waals surface area contributed by atoms with Crippen molar-refractivity contribution in [2.75, 3.05) is 13.2 Å². The van der Waals surface area contributed by atoms with E-state index in [1.54, 1.807) is 0 Å². The fraction of sp³-hybridized carbons (Fsp3) is 0.588. The van der Waals surface area contributed by atoms with E-state index < -0.39 is 0 Å². The van der Waals surface area contributed by atoms with Crippen LogP contribution in [0.4, 0.5) is 0 Å². The number of nitrogens with zero attached hydrogens (tertiary/aromatic N) is 1. The van der Waals surface area contributed by atoms with Crippen LogP contribution < -0.4 is 0 Å². The fourth-order valence-corrected chi connectivity index (χ4v) is 3.11. The van der Waals surface area contributed by atoms with Crippen molar-refractivity contribution in [1.82, 2.24) is 4.90 Å². The molecule has 1 aliphatic heterocycles. The summed E-state index contributed by atoms with van der Waals surface area (Å²) in [6, 6.07) is 8.22. The Kier molecular flexibility index (Phi) is 5.32. The molecule has 1 aromatic carbocycles. The standard InChI is InChI=1S/C17H25NO2/c1-13-7-9-15(10-8-13)17(20)14(2)18-11-3-5-16(18)6-4-12-19/h7-10,14,16,19H,3-6,11-12H2,1-2H3. The Hall–Kier alpha value is -1.19. The van der Waals surface area contributed by atoms with Crippen molar-refractivity contribution in [2.24, 2.45) is 0 Å². The summed E-state index contributed by atoms with van der Waals surface area (Å²) in [7, 11) is 0. The molecule has 0 aromatic heterocycles. The lowest BCUT2D eigenvalue weighted by molar-refractivity contribution is 0.0809. The first-order valence-electron chi connectivity index (χ1n) is 7.61. The third-order valence-corrected chi connectivity index (χ3v) is 4.33. The smallest absolute Gasteiger partial charge is 0.179 e. The van der Waals surface area contributed by atoms with Crippen molar-refractivity contribution in [3.63, 3.8) is 0 Å². The van der Waals surface area contributed by atoms with Crippen LogP contribution in [0.1, 0.15) is 48.5 Å². The maximum absolute atomic E-state index is 12.6. The highest BCUT2D eigenvalue weighted by molar-refractivity contribution is 5.99. The van der Waals surface area contributed by atoms with Crippen LogP contribution in [0.25, 0.3) is 0 Å². The second-order valence-electron chi connectivity index (χ2n) is 5.81. The minimum atomic E-state index is -0.0658. The Morgan fingerprint density at radius 2 is 2.10 bits per heavy atom. The van der Waals surface area contributed by atoms with E-state index in [0.29, 0.717) is 6.04 Å². The Morgan fingerprint density at radius 1 is 1.40 bits per heavy atom. The predicted octanol–water partition coefficient (Wildman–Crippen LogP) is 2.80. The van der Waals surface area contributed by atoms with Gasteiger partial charge in [-0.15, -0.1) is 0 Å². The monoisotopic (exact) mass is 275 g/mol. The summed E-state index contributed by atoms with van der Waals surface area (Å²) in [5.41, 5.74) is 1.98. The zero-order valence-corrected chi connectivity index (χ0v) is 12.5. The highest BCUT2D eigenvalue weighted by Crippen LogP contribution is 2.25. The largest absolute Gasteiger partial charge is 0.396 e. The highest BCUT2D eigenvalue weighted by Gasteiger charge is 2.31. The van der Waals surface area contributed by atoms with Gasteiger partial charge in [0.1, 0.15) is 0 Å². The van der Waals surface area contributed by atoms with Crippen LogP contribution in [0.5, 0.6) is 0 Å². The molecule has 2 unspecified atom stereocenters. The molecule has 20 heavy (non-hydrogen) atoms. The van der Waals surface area contributed by atoms with Crippen molar-refractivity contribution in [3.05, 3.63) is 35.4 Å². The molecule has 1 N–H and O–H groups in total. The van der Waals surface area contributed by atoms with Crippen molar-refractivity contribution in [3.8, 4) is 0 Å². The molecular weight excluding hydrogens is 250 g/mol. The van der Waals surface area contributed by atoms with Gasteiger partial charge >= 0.3 is 0 Å². The molecule has 0 amide bonds. The van der Waals surface area contributed by atoms with Crippen LogP contribution in [-0.2, 0) is 0 Å². The molecule has 0 saturated carbocycles. The molecular formula is C17H25NO2. The van der Waals surface area contributed by atoms with Crippen molar-refractivity contribution < 1.29 is 9.90 Å². The van der Waals surface area contributed by atoms with E-state index in [1.165, 1.54) is 5.56 Å². The molecule has 0 aliphatic carbocycles. The summed E-state index contributed by atoms with van der Waals surface area (Å²) in [6.45, 7) is 5.28. The van der Waals surface area contributed by atoms with Gasteiger partial charge in [-0.3, -0.25) is 9.69 Å². The number of carbonyl (C=O) groups excluding carboxylic acids is 1. The topological polar surface area (TPSA) is 40.5 Å². The van der Waals surface area contributed by atoms with Gasteiger partial charge in [0.2, 0.25) is 0 Å². The van der Waals surface area contributed by atoms with Crippen LogP contribution in [-0.4, -0.2) is 41.0 Å². The fourth-order valence-electron chi connectivity index (χ4n) is 3.11. The first kappa shape index (κ1) is 15.2. The maximum Gasteiger partial charge on any atom is 0.179 e. The van der Waals surface area contributed by atoms with Crippen LogP contribution >= 0.6 is 0 Å². The van der Waals surface area contributed by atoms with Gasteiger partial charge in [0.25, 0.3) is 0 Å². The second kappa shape index (κ2) is 7.00. The molecule has 3 nitrogen and oxygen atoms in total. The quantitative estimate of drug-likeness (QED) is 0.812. The minimum absolute atomic E-state index is 0.0658. The molecule has 2 rings (SSSR count). The van der Waals surface area contributed by atoms with Crippen LogP contribution in [0, 0.1) is 6.92 Å². The zero-order valence-electron chi connectivity index (χ0n) is 12.5. The maximum atomic E-state index is 12.6. The van der Waals surface area contributed by atoms with Crippen LogP contribution in [0.3, 0.4) is 0 Å². The number of rotatable bonds is 6. The third kappa shape index (κ3) is 3.47. The number of hydrogen-bond donors (Lipinski definition) is 1. The summed E-state index contributed by atoms with van der Waals surface area (Å²) in [4.78, 5) is 14.9. The van der Waals surface area contributed by atoms with Crippen LogP contribution in [0.2, 0.25) is 0 Å². The van der Waals surface area contributed by atoms with E-state index in [1.807, 2.05) is 38.1 Å². The van der Waals surface area contributed by atoms with Gasteiger partial charge < -0.3 is 5.11 Å². The summed E-state index contributed by atoms with van der Waals surface area (Å²) >= 11 is 0. The summed E-state index contributed by atoms with van der Waals surface area (Å²) in [5, 5.41) is 8.98. The van der Waals surface area contributed by atoms with E-state index in [0.717, 1.165) is 37.8 Å². The summed E-state index contributed by atoms with van der Waals surface area (Å²) in [5.74, 6) is 0.209. The van der Waals surface area contributed by atoms with Crippen LogP contribution in [0.15, 0.2) is 24.3 Å². The van der Waals surface area contributed by atoms with Gasteiger partial charge in [0, 0.05) is 18.2 Å². The molecule has 2 atom stereocenters. The van der Waals surface area contributed by atoms with Gasteiger partial charge in [-0.2, -0.15) is 0 Å². The molecule has 1 aliphatic rings. The lowest BCUT2D eigenvalue weighted by atomic mass is 10.0. The molecule has 3 heteroatoms. The number of carbonyl (C=O) groups is 1. The molecule has 0 spiro atoms. The molecule has 1 fully saturated rings. The van der Waals surface area contributed by atoms with Gasteiger partial charge in [-0.05, 0) is 46.1 Å². The number of aliphatic hydroxyl groups is 1. The SMILES string of the molecule is Cc1ccc(C(=O)C(C)N2CCCC2CCCO)cc1. The normalized spacial score (nSPS) is 21.1. The average Bonchev–Trinajstić information content (AvgIpc) is 2.92. The molecule has 110 valence electrons. The van der Waals surface area contributed by atoms with Crippen molar-refractivity contribution in [2.45, 2.75) is 51.6 Å². The predicted molar refractivity (Wildman–Crippen MR) is 81.0 cm³/mol. The van der Waals surface area contributed by atoms with Crippen molar-refractivity contribution >= 4 is 5.78 Å². The minimum Gasteiger partial charge on any atom is -0.396 e. The van der Waals surface area contributed by atoms with E-state index in [2.05, 4.69) is 4.90 Å². The number of aliphatic hydroxyl groups excluding tert-OH is 1. The Balaban J connectivity index is 2.03. The third-order valence-electron chi connectivity index (χ3n) is 4.33. The first-order chi connectivity index (χ1) is 9.63. The van der Waals surface area contributed by atoms with E-state index in [-0.39, 0.29) is 18.4 Å². The van der Waals surface area contributed by atoms with E-state index in [4.69, 9.17) is 5.11 Å². The molecule has 1 aromatic rings. The first-order valence-corrected chi connectivity index (χ1v) is 7.61. The number of hydrogen-bond acceptors (Lipinski definition) is 3. The molecule has 1 saturated heterocycles. The number of aryl methyl sites for hydroxylation is 1. The number of ketones is 1. The Labute approximate surface area is 121 Å². The highest BCUT2D eigenvalue weighted by atomic mass is 16.2. The number of likely N-dealkylation sites (tertiary alicyclic amines) is 1. The molecule has 1 heterocycles. The lowest BCUT2D eigenvalue weighted by Crippen LogP contribution is -2.42. The van der Waals surface area contributed by atoms with E-state index in [9.17, 15) is 4.79 Å². The summed E-state index contributed by atoms with van der Waals surface area (Å²) in [6.07, 6.45) is 4.11. The summed E-state index contributed by atoms with van der Waals surface area (Å²) < 4.78 is 0. The van der Waals surface area contributed by atoms with Gasteiger partial charge in [0.15, 0.2) is 5.78 Å². The van der Waals surface area contributed by atoms with Gasteiger partial charge in [-0.25, -0.2) is 0 Å². The molecule has 0 bridgehead atoms. The Morgan fingerprint density at radius 3 is 2.75 bits per heavy atom. The second-order valence-corrected chi connectivity index (χ2v) is 5.81.